The average Bonchev–Trinajstić information content (AvgIpc) is 2.98. The van der Waals surface area contributed by atoms with E-state index in [0.29, 0.717) is 39.1 Å². The summed E-state index contributed by atoms with van der Waals surface area (Å²) in [6.07, 6.45) is 0.587. The highest BCUT2D eigenvalue weighted by Crippen LogP contribution is 2.18. The van der Waals surface area contributed by atoms with Crippen molar-refractivity contribution < 1.29 is 22.0 Å². The number of carbonyl (C=O) groups excluding carboxylic acids is 1. The number of benzene rings is 2. The van der Waals surface area contributed by atoms with Crippen LogP contribution in [0.5, 0.6) is 0 Å². The maximum atomic E-state index is 13.4. The zero-order chi connectivity index (χ0) is 22.4. The highest BCUT2D eigenvalue weighted by Gasteiger charge is 2.28. The van der Waals surface area contributed by atoms with E-state index in [0.717, 1.165) is 17.7 Å². The summed E-state index contributed by atoms with van der Waals surface area (Å²) in [4.78, 5) is 16.5. The van der Waals surface area contributed by atoms with E-state index in [9.17, 15) is 22.0 Å². The molecule has 0 N–H and O–H groups in total. The van der Waals surface area contributed by atoms with Gasteiger partial charge >= 0.3 is 0 Å². The topological polar surface area (TPSA) is 60.9 Å². The SMILES string of the molecule is CCN(Cc1cccc(F)c1)C(=O)CN1CCCN(S(=O)(=O)c2ccc(F)cc2)CC1. The van der Waals surface area contributed by atoms with Gasteiger partial charge in [-0.05, 0) is 61.9 Å². The maximum Gasteiger partial charge on any atom is 0.243 e. The molecule has 2 aromatic rings. The number of nitrogens with zero attached hydrogens (tertiary/aromatic N) is 3. The van der Waals surface area contributed by atoms with Crippen LogP contribution in [-0.2, 0) is 21.4 Å². The molecule has 31 heavy (non-hydrogen) atoms. The van der Waals surface area contributed by atoms with Crippen LogP contribution >= 0.6 is 0 Å². The molecule has 0 unspecified atom stereocenters. The molecule has 0 bridgehead atoms. The number of carbonyl (C=O) groups is 1. The standard InChI is InChI=1S/C22H27F2N3O3S/c1-2-26(16-18-5-3-6-20(24)15-18)22(28)17-25-11-4-12-27(14-13-25)31(29,30)21-9-7-19(23)8-10-21/h3,5-10,15H,2,4,11-14,16-17H2,1H3. The summed E-state index contributed by atoms with van der Waals surface area (Å²) in [5.74, 6) is -0.907. The van der Waals surface area contributed by atoms with Crippen molar-refractivity contribution in [3.63, 3.8) is 0 Å². The Balaban J connectivity index is 1.59. The van der Waals surface area contributed by atoms with Crippen molar-refractivity contribution in [2.45, 2.75) is 24.8 Å². The summed E-state index contributed by atoms with van der Waals surface area (Å²) in [7, 11) is -3.71. The predicted octanol–water partition coefficient (Wildman–Crippen LogP) is 2.71. The minimum atomic E-state index is -3.71. The van der Waals surface area contributed by atoms with Crippen molar-refractivity contribution in [3.8, 4) is 0 Å². The molecule has 0 radical (unpaired) electrons. The van der Waals surface area contributed by atoms with Gasteiger partial charge in [0.1, 0.15) is 11.6 Å². The van der Waals surface area contributed by atoms with Crippen LogP contribution in [0, 0.1) is 11.6 Å². The first-order valence-corrected chi connectivity index (χ1v) is 11.7. The molecule has 1 aliphatic heterocycles. The molecule has 6 nitrogen and oxygen atoms in total. The molecule has 0 atom stereocenters. The van der Waals surface area contributed by atoms with Crippen LogP contribution in [0.1, 0.15) is 18.9 Å². The molecule has 0 saturated carbocycles. The first-order valence-electron chi connectivity index (χ1n) is 10.3. The molecule has 2 aromatic carbocycles. The van der Waals surface area contributed by atoms with Gasteiger partial charge in [0, 0.05) is 32.7 Å². The van der Waals surface area contributed by atoms with Crippen LogP contribution in [0.15, 0.2) is 53.4 Å². The number of hydrogen-bond acceptors (Lipinski definition) is 4. The zero-order valence-electron chi connectivity index (χ0n) is 17.5. The minimum Gasteiger partial charge on any atom is -0.338 e. The van der Waals surface area contributed by atoms with Crippen molar-refractivity contribution in [2.24, 2.45) is 0 Å². The second-order valence-corrected chi connectivity index (χ2v) is 9.46. The van der Waals surface area contributed by atoms with Gasteiger partial charge in [-0.3, -0.25) is 9.69 Å². The Hall–Kier alpha value is -2.36. The Morgan fingerprint density at radius 1 is 1.00 bits per heavy atom. The first kappa shape index (κ1) is 23.3. The highest BCUT2D eigenvalue weighted by atomic mass is 32.2. The molecular formula is C22H27F2N3O3S. The van der Waals surface area contributed by atoms with Crippen molar-refractivity contribution in [1.82, 2.24) is 14.1 Å². The van der Waals surface area contributed by atoms with Crippen molar-refractivity contribution in [3.05, 3.63) is 65.7 Å². The van der Waals surface area contributed by atoms with Gasteiger partial charge in [-0.25, -0.2) is 17.2 Å². The number of likely N-dealkylation sites (N-methyl/N-ethyl adjacent to an activating group) is 1. The summed E-state index contributed by atoms with van der Waals surface area (Å²) >= 11 is 0. The Morgan fingerprint density at radius 3 is 2.42 bits per heavy atom. The van der Waals surface area contributed by atoms with Crippen LogP contribution in [-0.4, -0.2) is 67.7 Å². The van der Waals surface area contributed by atoms with Crippen molar-refractivity contribution in [2.75, 3.05) is 39.3 Å². The van der Waals surface area contributed by atoms with E-state index in [1.54, 1.807) is 17.0 Å². The smallest absolute Gasteiger partial charge is 0.243 e. The largest absolute Gasteiger partial charge is 0.338 e. The molecule has 1 amide bonds. The van der Waals surface area contributed by atoms with Crippen molar-refractivity contribution in [1.29, 1.82) is 0 Å². The fraction of sp³-hybridized carbons (Fsp3) is 0.409. The molecule has 0 spiro atoms. The van der Waals surface area contributed by atoms with Crippen LogP contribution in [0.2, 0.25) is 0 Å². The second kappa shape index (κ2) is 10.3. The van der Waals surface area contributed by atoms with Gasteiger partial charge in [0.05, 0.1) is 11.4 Å². The van der Waals surface area contributed by atoms with E-state index >= 15 is 0 Å². The van der Waals surface area contributed by atoms with Crippen LogP contribution in [0.25, 0.3) is 0 Å². The van der Waals surface area contributed by atoms with Crippen LogP contribution in [0.3, 0.4) is 0 Å². The number of amides is 1. The summed E-state index contributed by atoms with van der Waals surface area (Å²) in [5, 5.41) is 0. The molecular weight excluding hydrogens is 424 g/mol. The Kier molecular flexibility index (Phi) is 7.74. The normalized spacial score (nSPS) is 16.1. The number of halogens is 2. The third-order valence-electron chi connectivity index (χ3n) is 5.35. The number of sulfonamides is 1. The highest BCUT2D eigenvalue weighted by molar-refractivity contribution is 7.89. The molecule has 9 heteroatoms. The number of rotatable bonds is 7. The molecule has 1 fully saturated rings. The van der Waals surface area contributed by atoms with E-state index in [4.69, 9.17) is 0 Å². The third-order valence-corrected chi connectivity index (χ3v) is 7.27. The fourth-order valence-electron chi connectivity index (χ4n) is 3.62. The quantitative estimate of drug-likeness (QED) is 0.650. The molecule has 1 heterocycles. The van der Waals surface area contributed by atoms with Gasteiger partial charge < -0.3 is 4.90 Å². The van der Waals surface area contributed by atoms with Gasteiger partial charge in [0.2, 0.25) is 15.9 Å². The van der Waals surface area contributed by atoms with Crippen molar-refractivity contribution >= 4 is 15.9 Å². The second-order valence-electron chi connectivity index (χ2n) is 7.53. The first-order chi connectivity index (χ1) is 14.8. The summed E-state index contributed by atoms with van der Waals surface area (Å²) in [5.41, 5.74) is 0.725. The third kappa shape index (κ3) is 6.09. The lowest BCUT2D eigenvalue weighted by molar-refractivity contribution is -0.132. The molecule has 0 aliphatic carbocycles. The number of hydrogen-bond donors (Lipinski definition) is 0. The fourth-order valence-corrected chi connectivity index (χ4v) is 5.09. The van der Waals surface area contributed by atoms with E-state index in [2.05, 4.69) is 0 Å². The minimum absolute atomic E-state index is 0.0608. The average molecular weight is 452 g/mol. The van der Waals surface area contributed by atoms with E-state index in [1.165, 1.54) is 28.6 Å². The Bertz CT molecular complexity index is 999. The summed E-state index contributed by atoms with van der Waals surface area (Å²) in [6.45, 7) is 4.47. The lowest BCUT2D eigenvalue weighted by Crippen LogP contribution is -2.41. The van der Waals surface area contributed by atoms with Gasteiger partial charge in [0.25, 0.3) is 0 Å². The monoisotopic (exact) mass is 451 g/mol. The Labute approximate surface area is 182 Å². The van der Waals surface area contributed by atoms with E-state index in [1.807, 2.05) is 11.8 Å². The lowest BCUT2D eigenvalue weighted by Gasteiger charge is -2.26. The van der Waals surface area contributed by atoms with Crippen LogP contribution in [0.4, 0.5) is 8.78 Å². The summed E-state index contributed by atoms with van der Waals surface area (Å²) in [6, 6.07) is 11.0. The van der Waals surface area contributed by atoms with Gasteiger partial charge in [0.15, 0.2) is 0 Å². The van der Waals surface area contributed by atoms with Crippen LogP contribution < -0.4 is 0 Å². The van der Waals surface area contributed by atoms with Gasteiger partial charge in [-0.1, -0.05) is 12.1 Å². The van der Waals surface area contributed by atoms with Gasteiger partial charge in [-0.2, -0.15) is 4.31 Å². The molecule has 0 aromatic heterocycles. The predicted molar refractivity (Wildman–Crippen MR) is 114 cm³/mol. The van der Waals surface area contributed by atoms with E-state index in [-0.39, 0.29) is 29.7 Å². The van der Waals surface area contributed by atoms with Gasteiger partial charge in [-0.15, -0.1) is 0 Å². The molecule has 1 aliphatic rings. The molecule has 1 saturated heterocycles. The Morgan fingerprint density at radius 2 is 1.74 bits per heavy atom. The zero-order valence-corrected chi connectivity index (χ0v) is 18.3. The lowest BCUT2D eigenvalue weighted by atomic mass is 10.2. The molecule has 3 rings (SSSR count). The molecule has 168 valence electrons. The summed E-state index contributed by atoms with van der Waals surface area (Å²) < 4.78 is 53.6. The maximum absolute atomic E-state index is 13.4. The van der Waals surface area contributed by atoms with E-state index < -0.39 is 15.8 Å².